The molecule has 22 heavy (non-hydrogen) atoms. The van der Waals surface area contributed by atoms with Gasteiger partial charge < -0.3 is 9.47 Å². The van der Waals surface area contributed by atoms with Gasteiger partial charge in [0, 0.05) is 30.8 Å². The molecule has 0 unspecified atom stereocenters. The van der Waals surface area contributed by atoms with Gasteiger partial charge in [-0.1, -0.05) is 15.9 Å². The molecule has 1 amide bonds. The first-order chi connectivity index (χ1) is 10.5. The van der Waals surface area contributed by atoms with Crippen molar-refractivity contribution < 1.29 is 14.3 Å². The van der Waals surface area contributed by atoms with Crippen LogP contribution in [0, 0.1) is 0 Å². The van der Waals surface area contributed by atoms with Crippen LogP contribution in [0.3, 0.4) is 0 Å². The topological polar surface area (TPSA) is 56.6 Å². The lowest BCUT2D eigenvalue weighted by Gasteiger charge is -2.20. The molecule has 1 aromatic carbocycles. The number of aryl methyl sites for hydroxylation is 1. The van der Waals surface area contributed by atoms with Crippen LogP contribution in [-0.2, 0) is 18.3 Å². The standard InChI is InChI=1S/C15H16BrN3O3/c1-18-4-3-14(17-18)19(2)15(20)8-10-7-12-13(9-11(10)16)22-6-5-21-12/h3-4,7,9H,5-6,8H2,1-2H3. The van der Waals surface area contributed by atoms with E-state index in [-0.39, 0.29) is 12.3 Å². The van der Waals surface area contributed by atoms with Crippen molar-refractivity contribution in [3.8, 4) is 11.5 Å². The first kappa shape index (κ1) is 14.9. The summed E-state index contributed by atoms with van der Waals surface area (Å²) in [6.45, 7) is 1.07. The van der Waals surface area contributed by atoms with Crippen molar-refractivity contribution in [2.45, 2.75) is 6.42 Å². The Morgan fingerprint density at radius 3 is 2.68 bits per heavy atom. The van der Waals surface area contributed by atoms with E-state index in [2.05, 4.69) is 21.0 Å². The number of ether oxygens (including phenoxy) is 2. The molecule has 0 atom stereocenters. The smallest absolute Gasteiger partial charge is 0.232 e. The molecule has 0 aliphatic carbocycles. The van der Waals surface area contributed by atoms with Gasteiger partial charge in [0.1, 0.15) is 13.2 Å². The Balaban J connectivity index is 1.79. The molecule has 0 bridgehead atoms. The van der Waals surface area contributed by atoms with Gasteiger partial charge in [0.25, 0.3) is 0 Å². The minimum absolute atomic E-state index is 0.0453. The first-order valence-electron chi connectivity index (χ1n) is 6.89. The predicted molar refractivity (Wildman–Crippen MR) is 85.5 cm³/mol. The number of rotatable bonds is 3. The van der Waals surface area contributed by atoms with E-state index in [9.17, 15) is 4.79 Å². The second kappa shape index (κ2) is 6.00. The summed E-state index contributed by atoms with van der Waals surface area (Å²) in [7, 11) is 3.54. The molecule has 1 aromatic heterocycles. The predicted octanol–water partition coefficient (Wildman–Crippen LogP) is 2.16. The molecule has 116 valence electrons. The van der Waals surface area contributed by atoms with Crippen molar-refractivity contribution in [1.82, 2.24) is 9.78 Å². The number of benzene rings is 1. The van der Waals surface area contributed by atoms with Crippen LogP contribution in [0.25, 0.3) is 0 Å². The fourth-order valence-electron chi connectivity index (χ4n) is 2.23. The summed E-state index contributed by atoms with van der Waals surface area (Å²) in [5.41, 5.74) is 0.858. The van der Waals surface area contributed by atoms with Crippen LogP contribution in [0.2, 0.25) is 0 Å². The number of hydrogen-bond donors (Lipinski definition) is 0. The number of amides is 1. The fraction of sp³-hybridized carbons (Fsp3) is 0.333. The maximum atomic E-state index is 12.4. The number of anilines is 1. The third kappa shape index (κ3) is 2.94. The van der Waals surface area contributed by atoms with Gasteiger partial charge in [-0.2, -0.15) is 5.10 Å². The molecule has 0 saturated carbocycles. The van der Waals surface area contributed by atoms with Gasteiger partial charge in [-0.3, -0.25) is 14.4 Å². The van der Waals surface area contributed by atoms with Crippen molar-refractivity contribution in [3.05, 3.63) is 34.4 Å². The van der Waals surface area contributed by atoms with E-state index in [0.29, 0.717) is 30.5 Å². The molecule has 0 fully saturated rings. The third-order valence-corrected chi connectivity index (χ3v) is 4.21. The molecule has 0 spiro atoms. The molecule has 1 aliphatic rings. The quantitative estimate of drug-likeness (QED) is 0.836. The van der Waals surface area contributed by atoms with Gasteiger partial charge in [-0.25, -0.2) is 0 Å². The van der Waals surface area contributed by atoms with Gasteiger partial charge in [0.05, 0.1) is 6.42 Å². The molecule has 0 saturated heterocycles. The van der Waals surface area contributed by atoms with E-state index in [1.165, 1.54) is 0 Å². The van der Waals surface area contributed by atoms with Crippen molar-refractivity contribution in [2.75, 3.05) is 25.2 Å². The van der Waals surface area contributed by atoms with E-state index in [0.717, 1.165) is 10.0 Å². The number of hydrogen-bond acceptors (Lipinski definition) is 4. The van der Waals surface area contributed by atoms with Gasteiger partial charge in [0.2, 0.25) is 5.91 Å². The maximum absolute atomic E-state index is 12.4. The number of nitrogens with zero attached hydrogens (tertiary/aromatic N) is 3. The second-order valence-electron chi connectivity index (χ2n) is 5.06. The zero-order valence-electron chi connectivity index (χ0n) is 12.4. The fourth-order valence-corrected chi connectivity index (χ4v) is 2.70. The first-order valence-corrected chi connectivity index (χ1v) is 7.68. The number of likely N-dealkylation sites (N-methyl/N-ethyl adjacent to an activating group) is 1. The average molecular weight is 366 g/mol. The van der Waals surface area contributed by atoms with E-state index in [1.54, 1.807) is 28.9 Å². The Bertz CT molecular complexity index is 714. The minimum Gasteiger partial charge on any atom is -0.486 e. The van der Waals surface area contributed by atoms with Crippen molar-refractivity contribution in [1.29, 1.82) is 0 Å². The normalized spacial score (nSPS) is 13.0. The number of carbonyl (C=O) groups is 1. The number of fused-ring (bicyclic) bond motifs is 1. The largest absolute Gasteiger partial charge is 0.486 e. The Morgan fingerprint density at radius 2 is 2.05 bits per heavy atom. The summed E-state index contributed by atoms with van der Waals surface area (Å²) < 4.78 is 13.6. The van der Waals surface area contributed by atoms with Crippen molar-refractivity contribution >= 4 is 27.7 Å². The van der Waals surface area contributed by atoms with E-state index >= 15 is 0 Å². The molecule has 3 rings (SSSR count). The van der Waals surface area contributed by atoms with Crippen LogP contribution < -0.4 is 14.4 Å². The zero-order valence-corrected chi connectivity index (χ0v) is 14.0. The van der Waals surface area contributed by atoms with Crippen molar-refractivity contribution in [2.24, 2.45) is 7.05 Å². The van der Waals surface area contributed by atoms with Crippen LogP contribution in [0.15, 0.2) is 28.9 Å². The molecule has 0 radical (unpaired) electrons. The summed E-state index contributed by atoms with van der Waals surface area (Å²) in [5.74, 6) is 1.96. The lowest BCUT2D eigenvalue weighted by atomic mass is 10.1. The van der Waals surface area contributed by atoms with Crippen LogP contribution >= 0.6 is 15.9 Å². The summed E-state index contributed by atoms with van der Waals surface area (Å²) in [6, 6.07) is 5.50. The van der Waals surface area contributed by atoms with Gasteiger partial charge in [-0.05, 0) is 17.7 Å². The Morgan fingerprint density at radius 1 is 1.36 bits per heavy atom. The molecule has 7 heteroatoms. The second-order valence-corrected chi connectivity index (χ2v) is 5.92. The van der Waals surface area contributed by atoms with Crippen LogP contribution in [0.5, 0.6) is 11.5 Å². The lowest BCUT2D eigenvalue weighted by Crippen LogP contribution is -2.28. The Kier molecular flexibility index (Phi) is 4.06. The molecule has 0 N–H and O–H groups in total. The minimum atomic E-state index is -0.0453. The van der Waals surface area contributed by atoms with Crippen LogP contribution in [0.4, 0.5) is 5.82 Å². The molecule has 2 heterocycles. The monoisotopic (exact) mass is 365 g/mol. The van der Waals surface area contributed by atoms with Crippen LogP contribution in [0.1, 0.15) is 5.56 Å². The molecular formula is C15H16BrN3O3. The molecule has 2 aromatic rings. The third-order valence-electron chi connectivity index (χ3n) is 3.47. The van der Waals surface area contributed by atoms with Gasteiger partial charge >= 0.3 is 0 Å². The summed E-state index contributed by atoms with van der Waals surface area (Å²) in [5, 5.41) is 4.23. The SMILES string of the molecule is CN(C(=O)Cc1cc2c(cc1Br)OCCO2)c1ccn(C)n1. The molecule has 1 aliphatic heterocycles. The summed E-state index contributed by atoms with van der Waals surface area (Å²) >= 11 is 3.49. The average Bonchev–Trinajstić information content (AvgIpc) is 2.93. The highest BCUT2D eigenvalue weighted by Crippen LogP contribution is 2.35. The van der Waals surface area contributed by atoms with E-state index in [4.69, 9.17) is 9.47 Å². The zero-order chi connectivity index (χ0) is 15.7. The van der Waals surface area contributed by atoms with Gasteiger partial charge in [-0.15, -0.1) is 0 Å². The molecular weight excluding hydrogens is 350 g/mol. The summed E-state index contributed by atoms with van der Waals surface area (Å²) in [4.78, 5) is 14.0. The van der Waals surface area contributed by atoms with Gasteiger partial charge in [0.15, 0.2) is 17.3 Å². The Labute approximate surface area is 136 Å². The van der Waals surface area contributed by atoms with E-state index in [1.807, 2.05) is 19.2 Å². The lowest BCUT2D eigenvalue weighted by molar-refractivity contribution is -0.117. The summed E-state index contributed by atoms with van der Waals surface area (Å²) in [6.07, 6.45) is 2.06. The maximum Gasteiger partial charge on any atom is 0.232 e. The highest BCUT2D eigenvalue weighted by molar-refractivity contribution is 9.10. The Hall–Kier alpha value is -2.02. The highest BCUT2D eigenvalue weighted by Gasteiger charge is 2.19. The number of halogens is 1. The number of aromatic nitrogens is 2. The van der Waals surface area contributed by atoms with Crippen LogP contribution in [-0.4, -0.2) is 35.9 Å². The number of carbonyl (C=O) groups excluding carboxylic acids is 1. The van der Waals surface area contributed by atoms with E-state index < -0.39 is 0 Å². The highest BCUT2D eigenvalue weighted by atomic mass is 79.9. The molecule has 6 nitrogen and oxygen atoms in total. The van der Waals surface area contributed by atoms with Crippen molar-refractivity contribution in [3.63, 3.8) is 0 Å².